The van der Waals surface area contributed by atoms with Crippen molar-refractivity contribution in [2.45, 2.75) is 0 Å². The number of amides is 1. The maximum Gasteiger partial charge on any atom is 0.239 e. The van der Waals surface area contributed by atoms with E-state index in [0.29, 0.717) is 11.6 Å². The number of hydrogen-bond acceptors (Lipinski definition) is 5. The van der Waals surface area contributed by atoms with Crippen molar-refractivity contribution in [3.8, 4) is 11.1 Å². The fraction of sp³-hybridized carbons (Fsp3) is 0.118. The zero-order chi connectivity index (χ0) is 16.1. The first-order valence-corrected chi connectivity index (χ1v) is 8.21. The number of pyridine rings is 1. The number of nitrogens with zero attached hydrogens (tertiary/aromatic N) is 2. The number of hydrogen-bond donors (Lipinski definition) is 2. The Morgan fingerprint density at radius 3 is 2.74 bits per heavy atom. The molecule has 1 aromatic heterocycles. The largest absolute Gasteiger partial charge is 0.322 e. The van der Waals surface area contributed by atoms with E-state index in [0.717, 1.165) is 22.4 Å². The Labute approximate surface area is 138 Å². The molecule has 0 saturated heterocycles. The van der Waals surface area contributed by atoms with E-state index in [1.54, 1.807) is 24.2 Å². The Morgan fingerprint density at radius 1 is 1.17 bits per heavy atom. The summed E-state index contributed by atoms with van der Waals surface area (Å²) in [4.78, 5) is 20.0. The second-order valence-electron chi connectivity index (χ2n) is 4.94. The van der Waals surface area contributed by atoms with Gasteiger partial charge in [-0.25, -0.2) is 4.99 Å². The minimum Gasteiger partial charge on any atom is -0.322 e. The molecule has 5 nitrogen and oxygen atoms in total. The van der Waals surface area contributed by atoms with Crippen LogP contribution in [0.1, 0.15) is 5.56 Å². The van der Waals surface area contributed by atoms with E-state index in [1.807, 2.05) is 29.7 Å². The van der Waals surface area contributed by atoms with Gasteiger partial charge in [0.05, 0.1) is 18.0 Å². The zero-order valence-electron chi connectivity index (χ0n) is 12.4. The Kier molecular flexibility index (Phi) is 4.85. The van der Waals surface area contributed by atoms with Gasteiger partial charge >= 0.3 is 0 Å². The summed E-state index contributed by atoms with van der Waals surface area (Å²) < 4.78 is 0. The molecule has 1 aliphatic rings. The van der Waals surface area contributed by atoms with E-state index in [-0.39, 0.29) is 12.5 Å². The fourth-order valence-corrected chi connectivity index (χ4v) is 2.94. The summed E-state index contributed by atoms with van der Waals surface area (Å²) in [5, 5.41) is 4.73. The molecule has 1 aliphatic heterocycles. The van der Waals surface area contributed by atoms with Crippen LogP contribution in [0.15, 0.2) is 59.2 Å². The highest BCUT2D eigenvalue weighted by Gasteiger charge is 2.12. The van der Waals surface area contributed by atoms with Crippen LogP contribution in [0.5, 0.6) is 0 Å². The van der Waals surface area contributed by atoms with Gasteiger partial charge in [-0.15, -0.1) is 11.8 Å². The lowest BCUT2D eigenvalue weighted by Crippen LogP contribution is -2.37. The average molecular weight is 324 g/mol. The van der Waals surface area contributed by atoms with Crippen LogP contribution >= 0.6 is 11.8 Å². The van der Waals surface area contributed by atoms with Gasteiger partial charge < -0.3 is 11.1 Å². The Morgan fingerprint density at radius 2 is 1.96 bits per heavy atom. The van der Waals surface area contributed by atoms with Crippen molar-refractivity contribution in [3.63, 3.8) is 0 Å². The highest BCUT2D eigenvalue weighted by Crippen LogP contribution is 2.28. The molecule has 2 aromatic rings. The highest BCUT2D eigenvalue weighted by molar-refractivity contribution is 8.03. The molecule has 23 heavy (non-hydrogen) atoms. The summed E-state index contributed by atoms with van der Waals surface area (Å²) >= 11 is 1.60. The van der Waals surface area contributed by atoms with Crippen molar-refractivity contribution in [1.82, 2.24) is 10.3 Å². The van der Waals surface area contributed by atoms with E-state index in [4.69, 9.17) is 5.73 Å². The molecule has 116 valence electrons. The minimum atomic E-state index is -0.226. The normalized spacial score (nSPS) is 14.0. The molecule has 2 heterocycles. The van der Waals surface area contributed by atoms with Crippen LogP contribution in [0.2, 0.25) is 0 Å². The quantitative estimate of drug-likeness (QED) is 0.907. The van der Waals surface area contributed by atoms with Crippen LogP contribution < -0.4 is 11.1 Å². The van der Waals surface area contributed by atoms with Crippen LogP contribution in [0.3, 0.4) is 0 Å². The van der Waals surface area contributed by atoms with Gasteiger partial charge in [-0.1, -0.05) is 18.2 Å². The molecule has 0 fully saturated rings. The standard InChI is InChI=1S/C17H16N4OS/c18-9-17(22)21-16-11-23-10-15(20-16)14-3-1-2-13(8-14)12-4-6-19-7-5-12/h1-8,10H,9,11,18H2,(H,20,21,22). The van der Waals surface area contributed by atoms with Gasteiger partial charge in [-0.2, -0.15) is 0 Å². The van der Waals surface area contributed by atoms with Gasteiger partial charge in [0.2, 0.25) is 5.91 Å². The molecule has 0 spiro atoms. The summed E-state index contributed by atoms with van der Waals surface area (Å²) in [5.74, 6) is 1.05. The molecule has 3 rings (SSSR count). The predicted molar refractivity (Wildman–Crippen MR) is 94.7 cm³/mol. The van der Waals surface area contributed by atoms with Gasteiger partial charge in [0.25, 0.3) is 0 Å². The average Bonchev–Trinajstić information content (AvgIpc) is 2.63. The fourth-order valence-electron chi connectivity index (χ4n) is 2.21. The van der Waals surface area contributed by atoms with Crippen molar-refractivity contribution in [3.05, 3.63) is 59.8 Å². The van der Waals surface area contributed by atoms with E-state index >= 15 is 0 Å². The highest BCUT2D eigenvalue weighted by atomic mass is 32.2. The van der Waals surface area contributed by atoms with Gasteiger partial charge in [0.15, 0.2) is 0 Å². The number of nitrogens with two attached hydrogens (primary N) is 1. The molecule has 3 N–H and O–H groups in total. The predicted octanol–water partition coefficient (Wildman–Crippen LogP) is 2.27. The number of thioether (sulfide) groups is 1. The van der Waals surface area contributed by atoms with Gasteiger partial charge in [-0.3, -0.25) is 9.78 Å². The van der Waals surface area contributed by atoms with Crippen LogP contribution in [-0.2, 0) is 4.79 Å². The SMILES string of the molecule is NCC(=O)NC1=NC(c2cccc(-c3ccncc3)c2)=CSC1. The van der Waals surface area contributed by atoms with Crippen LogP contribution in [0.4, 0.5) is 0 Å². The molecular formula is C17H16N4OS. The van der Waals surface area contributed by atoms with Crippen molar-refractivity contribution in [2.75, 3.05) is 12.3 Å². The molecule has 1 amide bonds. The number of carbonyl (C=O) groups excluding carboxylic acids is 1. The third-order valence-electron chi connectivity index (χ3n) is 3.31. The monoisotopic (exact) mass is 324 g/mol. The van der Waals surface area contributed by atoms with E-state index in [1.165, 1.54) is 0 Å². The third-order valence-corrected chi connectivity index (χ3v) is 4.14. The Bertz CT molecular complexity index is 771. The summed E-state index contributed by atoms with van der Waals surface area (Å²) in [6, 6.07) is 12.1. The Hall–Kier alpha value is -2.44. The lowest BCUT2D eigenvalue weighted by atomic mass is 10.0. The van der Waals surface area contributed by atoms with Crippen molar-refractivity contribution < 1.29 is 4.79 Å². The maximum absolute atomic E-state index is 11.4. The van der Waals surface area contributed by atoms with Crippen molar-refractivity contribution in [1.29, 1.82) is 0 Å². The summed E-state index contributed by atoms with van der Waals surface area (Å²) in [7, 11) is 0. The molecular weight excluding hydrogens is 308 g/mol. The van der Waals surface area contributed by atoms with Crippen LogP contribution in [-0.4, -0.2) is 29.0 Å². The molecule has 0 radical (unpaired) electrons. The molecule has 1 aromatic carbocycles. The topological polar surface area (TPSA) is 80.4 Å². The summed E-state index contributed by atoms with van der Waals surface area (Å²) in [6.45, 7) is -0.0414. The number of benzene rings is 1. The Balaban J connectivity index is 1.87. The van der Waals surface area contributed by atoms with Gasteiger partial charge in [-0.05, 0) is 34.7 Å². The molecule has 6 heteroatoms. The number of nitrogens with one attached hydrogen (secondary N) is 1. The lowest BCUT2D eigenvalue weighted by molar-refractivity contribution is -0.118. The van der Waals surface area contributed by atoms with Gasteiger partial charge in [0, 0.05) is 18.0 Å². The smallest absolute Gasteiger partial charge is 0.239 e. The second kappa shape index (κ2) is 7.21. The van der Waals surface area contributed by atoms with Gasteiger partial charge in [0.1, 0.15) is 5.84 Å². The number of carbonyl (C=O) groups is 1. The van der Waals surface area contributed by atoms with Crippen molar-refractivity contribution in [2.24, 2.45) is 10.7 Å². The van der Waals surface area contributed by atoms with E-state index in [2.05, 4.69) is 27.4 Å². The van der Waals surface area contributed by atoms with Crippen LogP contribution in [0.25, 0.3) is 16.8 Å². The summed E-state index contributed by atoms with van der Waals surface area (Å²) in [6.07, 6.45) is 3.55. The molecule has 0 atom stereocenters. The zero-order valence-corrected chi connectivity index (χ0v) is 13.2. The van der Waals surface area contributed by atoms with E-state index in [9.17, 15) is 4.79 Å². The first kappa shape index (κ1) is 15.5. The minimum absolute atomic E-state index is 0.0414. The first-order valence-electron chi connectivity index (χ1n) is 7.16. The second-order valence-corrected chi connectivity index (χ2v) is 5.80. The molecule has 0 aliphatic carbocycles. The van der Waals surface area contributed by atoms with Crippen LogP contribution in [0, 0.1) is 0 Å². The number of aromatic nitrogens is 1. The molecule has 0 unspecified atom stereocenters. The number of rotatable bonds is 3. The first-order chi connectivity index (χ1) is 11.3. The summed E-state index contributed by atoms with van der Waals surface area (Å²) in [5.41, 5.74) is 9.37. The molecule has 0 saturated carbocycles. The van der Waals surface area contributed by atoms with Crippen molar-refractivity contribution >= 4 is 29.2 Å². The number of amidine groups is 1. The number of aliphatic imine (C=N–C) groups is 1. The third kappa shape index (κ3) is 3.85. The lowest BCUT2D eigenvalue weighted by Gasteiger charge is -2.14. The van der Waals surface area contributed by atoms with E-state index < -0.39 is 0 Å². The molecule has 0 bridgehead atoms. The maximum atomic E-state index is 11.4.